The number of aromatic nitrogens is 2. The molecule has 2 atom stereocenters. The van der Waals surface area contributed by atoms with Crippen molar-refractivity contribution in [3.05, 3.63) is 59.7 Å². The highest BCUT2D eigenvalue weighted by Crippen LogP contribution is 2.41. The minimum Gasteiger partial charge on any atom is -0.465 e. The number of esters is 1. The van der Waals surface area contributed by atoms with E-state index < -0.39 is 17.9 Å². The predicted molar refractivity (Wildman–Crippen MR) is 126 cm³/mol. The molecule has 0 saturated carbocycles. The molecule has 4 rings (SSSR count). The number of ether oxygens (including phenoxy) is 1. The fourth-order valence-electron chi connectivity index (χ4n) is 4.40. The van der Waals surface area contributed by atoms with Crippen LogP contribution in [0.4, 0.5) is 5.95 Å². The smallest absolute Gasteiger partial charge is 0.321 e. The molecule has 0 N–H and O–H groups in total. The first kappa shape index (κ1) is 22.1. The van der Waals surface area contributed by atoms with Gasteiger partial charge in [-0.05, 0) is 48.9 Å². The number of nitrogens with zero attached hydrogens (tertiary/aromatic N) is 3. The molecule has 0 saturated heterocycles. The average molecular weight is 434 g/mol. The number of hydrogen-bond donors (Lipinski definition) is 0. The van der Waals surface area contributed by atoms with Crippen molar-refractivity contribution in [2.24, 2.45) is 11.8 Å². The van der Waals surface area contributed by atoms with E-state index in [9.17, 15) is 9.59 Å². The third-order valence-electron chi connectivity index (χ3n) is 6.14. The van der Waals surface area contributed by atoms with Crippen LogP contribution in [-0.4, -0.2) is 34.6 Å². The Balaban J connectivity index is 1.94. The van der Waals surface area contributed by atoms with Crippen molar-refractivity contribution in [3.63, 3.8) is 0 Å². The van der Waals surface area contributed by atoms with Crippen molar-refractivity contribution >= 4 is 28.9 Å². The highest BCUT2D eigenvalue weighted by atomic mass is 16.5. The van der Waals surface area contributed by atoms with E-state index in [1.807, 2.05) is 36.4 Å². The van der Waals surface area contributed by atoms with Crippen LogP contribution in [0.15, 0.2) is 48.5 Å². The highest BCUT2D eigenvalue weighted by Gasteiger charge is 2.47. The molecule has 0 spiro atoms. The largest absolute Gasteiger partial charge is 0.465 e. The van der Waals surface area contributed by atoms with Gasteiger partial charge in [-0.2, -0.15) is 0 Å². The number of anilines is 1. The zero-order chi connectivity index (χ0) is 22.8. The molecule has 6 heteroatoms. The first-order valence-electron chi connectivity index (χ1n) is 11.5. The number of carbonyl (C=O) groups excluding carboxylic acids is 2. The maximum Gasteiger partial charge on any atom is 0.321 e. The van der Waals surface area contributed by atoms with Crippen LogP contribution in [0.25, 0.3) is 11.0 Å². The molecule has 2 aromatic carbocycles. The van der Waals surface area contributed by atoms with Crippen LogP contribution in [0.1, 0.15) is 51.3 Å². The Morgan fingerprint density at radius 1 is 1.09 bits per heavy atom. The molecular weight excluding hydrogens is 402 g/mol. The first-order valence-corrected chi connectivity index (χ1v) is 11.5. The summed E-state index contributed by atoms with van der Waals surface area (Å²) in [6, 6.07) is 15.5. The second kappa shape index (κ2) is 9.15. The lowest BCUT2D eigenvalue weighted by Crippen LogP contribution is -2.50. The quantitative estimate of drug-likeness (QED) is 0.398. The molecule has 32 heavy (non-hydrogen) atoms. The van der Waals surface area contributed by atoms with Crippen molar-refractivity contribution in [1.82, 2.24) is 9.55 Å². The fourth-order valence-corrected chi connectivity index (χ4v) is 4.40. The molecule has 2 heterocycles. The third-order valence-corrected chi connectivity index (χ3v) is 6.14. The monoisotopic (exact) mass is 433 g/mol. The maximum absolute atomic E-state index is 13.8. The van der Waals surface area contributed by atoms with Crippen molar-refractivity contribution < 1.29 is 14.3 Å². The van der Waals surface area contributed by atoms with Crippen LogP contribution in [0.2, 0.25) is 0 Å². The summed E-state index contributed by atoms with van der Waals surface area (Å²) in [5, 5.41) is 0. The number of amides is 1. The summed E-state index contributed by atoms with van der Waals surface area (Å²) < 4.78 is 7.46. The number of fused-ring (bicyclic) bond motifs is 3. The van der Waals surface area contributed by atoms with Crippen LogP contribution in [0.5, 0.6) is 0 Å². The Hall–Kier alpha value is -3.15. The second-order valence-corrected chi connectivity index (χ2v) is 8.71. The van der Waals surface area contributed by atoms with E-state index >= 15 is 0 Å². The van der Waals surface area contributed by atoms with Gasteiger partial charge in [0, 0.05) is 6.54 Å². The van der Waals surface area contributed by atoms with E-state index in [0.29, 0.717) is 18.4 Å². The average Bonchev–Trinajstić information content (AvgIpc) is 3.17. The van der Waals surface area contributed by atoms with Crippen LogP contribution in [0, 0.1) is 11.8 Å². The van der Waals surface area contributed by atoms with E-state index in [2.05, 4.69) is 37.5 Å². The third kappa shape index (κ3) is 3.90. The fraction of sp³-hybridized carbons (Fsp3) is 0.423. The highest BCUT2D eigenvalue weighted by molar-refractivity contribution is 6.08. The number of para-hydroxylation sites is 2. The van der Waals surface area contributed by atoms with E-state index in [4.69, 9.17) is 9.72 Å². The molecular formula is C26H31N3O3. The second-order valence-electron chi connectivity index (χ2n) is 8.71. The summed E-state index contributed by atoms with van der Waals surface area (Å²) in [7, 11) is 0. The number of hydrogen-bond acceptors (Lipinski definition) is 4. The van der Waals surface area contributed by atoms with Gasteiger partial charge in [0.15, 0.2) is 5.92 Å². The Kier molecular flexibility index (Phi) is 6.31. The van der Waals surface area contributed by atoms with Gasteiger partial charge in [-0.15, -0.1) is 0 Å². The van der Waals surface area contributed by atoms with E-state index in [1.165, 1.54) is 5.56 Å². The molecule has 0 fully saturated rings. The lowest BCUT2D eigenvalue weighted by molar-refractivity contribution is -0.153. The Labute approximate surface area is 189 Å². The zero-order valence-corrected chi connectivity index (χ0v) is 19.2. The summed E-state index contributed by atoms with van der Waals surface area (Å²) in [6.07, 6.45) is 1.74. The van der Waals surface area contributed by atoms with Crippen LogP contribution >= 0.6 is 0 Å². The van der Waals surface area contributed by atoms with Gasteiger partial charge in [0.1, 0.15) is 0 Å². The van der Waals surface area contributed by atoms with Gasteiger partial charge in [0.05, 0.1) is 23.7 Å². The molecule has 1 aromatic heterocycles. The molecule has 1 aliphatic rings. The Morgan fingerprint density at radius 3 is 2.47 bits per heavy atom. The molecule has 0 bridgehead atoms. The molecule has 168 valence electrons. The van der Waals surface area contributed by atoms with E-state index in [-0.39, 0.29) is 12.5 Å². The SMILES string of the molecule is CCOC(=O)[C@@H]1C(=O)N(CCC(C)C)c2nc3ccccc3n2[C@@H]1c1ccc(CC)cc1. The van der Waals surface area contributed by atoms with Crippen molar-refractivity contribution in [1.29, 1.82) is 0 Å². The molecule has 0 radical (unpaired) electrons. The summed E-state index contributed by atoms with van der Waals surface area (Å²) >= 11 is 0. The number of benzene rings is 2. The van der Waals surface area contributed by atoms with Gasteiger partial charge < -0.3 is 9.30 Å². The molecule has 0 aliphatic carbocycles. The lowest BCUT2D eigenvalue weighted by Gasteiger charge is -2.38. The van der Waals surface area contributed by atoms with Crippen molar-refractivity contribution in [2.75, 3.05) is 18.1 Å². The van der Waals surface area contributed by atoms with Gasteiger partial charge in [-0.25, -0.2) is 4.98 Å². The lowest BCUT2D eigenvalue weighted by atomic mass is 9.88. The zero-order valence-electron chi connectivity index (χ0n) is 19.2. The van der Waals surface area contributed by atoms with Gasteiger partial charge >= 0.3 is 5.97 Å². The Bertz CT molecular complexity index is 1120. The van der Waals surface area contributed by atoms with Crippen LogP contribution in [-0.2, 0) is 20.7 Å². The molecule has 3 aromatic rings. The van der Waals surface area contributed by atoms with Crippen molar-refractivity contribution in [2.45, 2.75) is 46.6 Å². The predicted octanol–water partition coefficient (Wildman–Crippen LogP) is 4.76. The molecule has 0 unspecified atom stereocenters. The number of rotatable bonds is 7. The van der Waals surface area contributed by atoms with Gasteiger partial charge in [-0.1, -0.05) is 57.2 Å². The standard InChI is InChI=1S/C26H31N3O3/c1-5-18-11-13-19(14-12-18)23-22(25(31)32-6-2)24(30)28(16-15-17(3)4)26-27-20-9-7-8-10-21(20)29(23)26/h7-14,17,22-23H,5-6,15-16H2,1-4H3/t22-,23+/m0/s1. The molecule has 6 nitrogen and oxygen atoms in total. The van der Waals surface area contributed by atoms with Gasteiger partial charge in [0.25, 0.3) is 0 Å². The minimum atomic E-state index is -0.959. The summed E-state index contributed by atoms with van der Waals surface area (Å²) in [5.74, 6) is -0.667. The molecule has 1 amide bonds. The number of aryl methyl sites for hydroxylation is 1. The summed E-state index contributed by atoms with van der Waals surface area (Å²) in [5.41, 5.74) is 3.83. The van der Waals surface area contributed by atoms with Gasteiger partial charge in [-0.3, -0.25) is 14.5 Å². The van der Waals surface area contributed by atoms with E-state index in [1.54, 1.807) is 11.8 Å². The summed E-state index contributed by atoms with van der Waals surface area (Å²) in [6.45, 7) is 8.86. The number of carbonyl (C=O) groups is 2. The topological polar surface area (TPSA) is 64.4 Å². The first-order chi connectivity index (χ1) is 15.5. The normalized spacial score (nSPS) is 18.3. The minimum absolute atomic E-state index is 0.230. The Morgan fingerprint density at radius 2 is 1.81 bits per heavy atom. The van der Waals surface area contributed by atoms with Crippen LogP contribution in [0.3, 0.4) is 0 Å². The van der Waals surface area contributed by atoms with Crippen LogP contribution < -0.4 is 4.90 Å². The van der Waals surface area contributed by atoms with E-state index in [0.717, 1.165) is 29.4 Å². The van der Waals surface area contributed by atoms with Crippen molar-refractivity contribution in [3.8, 4) is 0 Å². The maximum atomic E-state index is 13.8. The molecule has 1 aliphatic heterocycles. The summed E-state index contributed by atoms with van der Waals surface area (Å²) in [4.78, 5) is 33.4. The number of imidazole rings is 1. The van der Waals surface area contributed by atoms with Gasteiger partial charge in [0.2, 0.25) is 11.9 Å².